The Morgan fingerprint density at radius 2 is 1.26 bits per heavy atom. The predicted octanol–water partition coefficient (Wildman–Crippen LogP) is 5.97. The molecule has 0 aliphatic carbocycles. The van der Waals surface area contributed by atoms with Crippen molar-refractivity contribution >= 4 is 22.0 Å². The van der Waals surface area contributed by atoms with Crippen molar-refractivity contribution in [2.45, 2.75) is 92.1 Å². The first kappa shape index (κ1) is 21.0. The van der Waals surface area contributed by atoms with Gasteiger partial charge in [-0.25, -0.2) is 0 Å². The second-order valence-corrected chi connectivity index (χ2v) is 20.8. The molecule has 0 amide bonds. The van der Waals surface area contributed by atoms with Crippen LogP contribution in [0.4, 0.5) is 0 Å². The molecule has 0 aliphatic heterocycles. The van der Waals surface area contributed by atoms with Gasteiger partial charge < -0.3 is 0 Å². The second kappa shape index (κ2) is 10.1. The fourth-order valence-electron chi connectivity index (χ4n) is 3.80. The minimum atomic E-state index is -2.46. The maximum absolute atomic E-state index is 10.7. The first-order chi connectivity index (χ1) is 10.9. The number of hydrogen-bond donors (Lipinski definition) is 1. The quantitative estimate of drug-likeness (QED) is 0.433. The van der Waals surface area contributed by atoms with Gasteiger partial charge in [-0.2, -0.15) is 0 Å². The monoisotopic (exact) mass is 426 g/mol. The van der Waals surface area contributed by atoms with E-state index >= 15 is 0 Å². The van der Waals surface area contributed by atoms with Gasteiger partial charge >= 0.3 is 149 Å². The Morgan fingerprint density at radius 3 is 1.65 bits per heavy atom. The molecular formula is C21H38OSn. The summed E-state index contributed by atoms with van der Waals surface area (Å²) in [5.74, 6) is 0. The molecule has 0 aliphatic rings. The van der Waals surface area contributed by atoms with Crippen LogP contribution in [0.3, 0.4) is 0 Å². The van der Waals surface area contributed by atoms with E-state index in [-0.39, 0.29) is 0 Å². The summed E-state index contributed by atoms with van der Waals surface area (Å²) >= 11 is -2.46. The van der Waals surface area contributed by atoms with Crippen molar-refractivity contribution in [3.63, 3.8) is 0 Å². The Bertz CT molecular complexity index is 426. The van der Waals surface area contributed by atoms with Crippen LogP contribution < -0.4 is 3.58 Å². The van der Waals surface area contributed by atoms with Crippen LogP contribution in [-0.2, 0) is 5.60 Å². The first-order valence-electron chi connectivity index (χ1n) is 9.73. The van der Waals surface area contributed by atoms with Crippen molar-refractivity contribution in [3.8, 4) is 0 Å². The Morgan fingerprint density at radius 1 is 0.826 bits per heavy atom. The molecule has 1 rings (SSSR count). The summed E-state index contributed by atoms with van der Waals surface area (Å²) in [4.78, 5) is 0. The third-order valence-electron chi connectivity index (χ3n) is 5.18. The standard InChI is InChI=1S/C9H11O.3C4H9.Sn/c1-9(2,10)8-6-4-3-5-7-8;3*1-3-4-2;/h3-6,10H,1-2H3;3*1,3-4H2,2H3;. The number of hydrogen-bond acceptors (Lipinski definition) is 1. The normalized spacial score (nSPS) is 12.6. The fourth-order valence-corrected chi connectivity index (χ4v) is 21.1. The Balaban J connectivity index is 3.35. The van der Waals surface area contributed by atoms with E-state index < -0.39 is 24.0 Å². The van der Waals surface area contributed by atoms with Gasteiger partial charge in [0.25, 0.3) is 0 Å². The van der Waals surface area contributed by atoms with Crippen molar-refractivity contribution in [2.75, 3.05) is 0 Å². The molecule has 1 aromatic carbocycles. The van der Waals surface area contributed by atoms with Gasteiger partial charge in [0, 0.05) is 0 Å². The van der Waals surface area contributed by atoms with Gasteiger partial charge in [-0.15, -0.1) is 0 Å². The van der Waals surface area contributed by atoms with Crippen LogP contribution in [0.5, 0.6) is 0 Å². The molecule has 1 N–H and O–H groups in total. The molecule has 23 heavy (non-hydrogen) atoms. The van der Waals surface area contributed by atoms with Gasteiger partial charge in [-0.1, -0.05) is 0 Å². The number of unbranched alkanes of at least 4 members (excludes halogenated alkanes) is 3. The van der Waals surface area contributed by atoms with Crippen molar-refractivity contribution in [1.29, 1.82) is 0 Å². The van der Waals surface area contributed by atoms with E-state index in [2.05, 4.69) is 45.0 Å². The SMILES string of the molecule is CCC[CH2][Sn]([CH2]CCC)([CH2]CCC)[c]1ccccc1C(C)(C)O. The molecule has 0 radical (unpaired) electrons. The van der Waals surface area contributed by atoms with E-state index in [1.165, 1.54) is 57.4 Å². The molecule has 0 saturated heterocycles. The van der Waals surface area contributed by atoms with E-state index in [1.54, 1.807) is 3.58 Å². The molecular weight excluding hydrogens is 387 g/mol. The molecule has 1 aromatic rings. The Labute approximate surface area is 148 Å². The average Bonchev–Trinajstić information content (AvgIpc) is 2.54. The van der Waals surface area contributed by atoms with Gasteiger partial charge in [0.05, 0.1) is 0 Å². The summed E-state index contributed by atoms with van der Waals surface area (Å²) in [5.41, 5.74) is 0.503. The van der Waals surface area contributed by atoms with Gasteiger partial charge in [-0.3, -0.25) is 0 Å². The van der Waals surface area contributed by atoms with E-state index in [0.717, 1.165) is 0 Å². The molecule has 0 aromatic heterocycles. The topological polar surface area (TPSA) is 20.2 Å². The van der Waals surface area contributed by atoms with Crippen molar-refractivity contribution in [3.05, 3.63) is 29.8 Å². The maximum atomic E-state index is 10.7. The summed E-state index contributed by atoms with van der Waals surface area (Å²) in [6.45, 7) is 10.9. The van der Waals surface area contributed by atoms with Crippen LogP contribution in [-0.4, -0.2) is 23.5 Å². The van der Waals surface area contributed by atoms with Crippen LogP contribution in [0, 0.1) is 0 Å². The van der Waals surface area contributed by atoms with E-state index in [1.807, 2.05) is 13.8 Å². The molecule has 0 bridgehead atoms. The van der Waals surface area contributed by atoms with Crippen LogP contribution in [0.25, 0.3) is 0 Å². The molecule has 0 unspecified atom stereocenters. The molecule has 2 heteroatoms. The molecule has 0 heterocycles. The third-order valence-corrected chi connectivity index (χ3v) is 20.9. The van der Waals surface area contributed by atoms with Crippen LogP contribution in [0.2, 0.25) is 13.3 Å². The van der Waals surface area contributed by atoms with Gasteiger partial charge in [-0.05, 0) is 0 Å². The number of aliphatic hydroxyl groups is 1. The summed E-state index contributed by atoms with van der Waals surface area (Å²) in [5, 5.41) is 10.7. The van der Waals surface area contributed by atoms with E-state index in [9.17, 15) is 5.11 Å². The van der Waals surface area contributed by atoms with Crippen LogP contribution in [0.1, 0.15) is 78.7 Å². The summed E-state index contributed by atoms with van der Waals surface area (Å²) in [6.07, 6.45) is 7.97. The average molecular weight is 425 g/mol. The Hall–Kier alpha value is -0.0213. The predicted molar refractivity (Wildman–Crippen MR) is 106 cm³/mol. The zero-order valence-corrected chi connectivity index (χ0v) is 19.0. The molecule has 0 fully saturated rings. The van der Waals surface area contributed by atoms with Gasteiger partial charge in [0.15, 0.2) is 0 Å². The molecule has 1 nitrogen and oxygen atoms in total. The van der Waals surface area contributed by atoms with Crippen molar-refractivity contribution in [2.24, 2.45) is 0 Å². The first-order valence-corrected chi connectivity index (χ1v) is 17.2. The zero-order chi connectivity index (χ0) is 17.3. The van der Waals surface area contributed by atoms with E-state index in [0.29, 0.717) is 0 Å². The third kappa shape index (κ3) is 6.08. The molecule has 0 spiro atoms. The summed E-state index contributed by atoms with van der Waals surface area (Å²) in [7, 11) is 0. The second-order valence-electron chi connectivity index (χ2n) is 7.70. The fraction of sp³-hybridized carbons (Fsp3) is 0.714. The molecule has 0 saturated carbocycles. The van der Waals surface area contributed by atoms with Gasteiger partial charge in [0.2, 0.25) is 0 Å². The van der Waals surface area contributed by atoms with E-state index in [4.69, 9.17) is 0 Å². The van der Waals surface area contributed by atoms with Gasteiger partial charge in [0.1, 0.15) is 0 Å². The minimum absolute atomic E-state index is 0.719. The Kier molecular flexibility index (Phi) is 9.21. The molecule has 132 valence electrons. The number of rotatable bonds is 11. The summed E-state index contributed by atoms with van der Waals surface area (Å²) < 4.78 is 5.99. The van der Waals surface area contributed by atoms with Crippen molar-refractivity contribution < 1.29 is 5.11 Å². The van der Waals surface area contributed by atoms with Crippen LogP contribution >= 0.6 is 0 Å². The molecule has 0 atom stereocenters. The number of benzene rings is 1. The van der Waals surface area contributed by atoms with Crippen LogP contribution in [0.15, 0.2) is 24.3 Å². The summed E-state index contributed by atoms with van der Waals surface area (Å²) in [6, 6.07) is 8.88. The van der Waals surface area contributed by atoms with Crippen molar-refractivity contribution in [1.82, 2.24) is 0 Å². The zero-order valence-electron chi connectivity index (χ0n) is 16.1.